The lowest BCUT2D eigenvalue weighted by Gasteiger charge is -2.32. The number of hydrogen-bond acceptors (Lipinski definition) is 4. The van der Waals surface area contributed by atoms with Crippen LogP contribution in [0.25, 0.3) is 0 Å². The highest BCUT2D eigenvalue weighted by atomic mass is 16.7. The van der Waals surface area contributed by atoms with Crippen LogP contribution in [0.2, 0.25) is 0 Å². The molecule has 0 unspecified atom stereocenters. The van der Waals surface area contributed by atoms with Gasteiger partial charge in [0.1, 0.15) is 5.82 Å². The zero-order valence-electron chi connectivity index (χ0n) is 16.1. The maximum atomic E-state index is 12.6. The molecular weight excluding hydrogens is 342 g/mol. The van der Waals surface area contributed by atoms with Gasteiger partial charge in [-0.1, -0.05) is 6.07 Å². The molecule has 6 nitrogen and oxygen atoms in total. The summed E-state index contributed by atoms with van der Waals surface area (Å²) in [6.45, 7) is 6.27. The molecule has 1 fully saturated rings. The Hall–Kier alpha value is -2.50. The summed E-state index contributed by atoms with van der Waals surface area (Å²) in [5.74, 6) is 3.41. The van der Waals surface area contributed by atoms with Crippen molar-refractivity contribution in [2.24, 2.45) is 0 Å². The molecule has 0 N–H and O–H groups in total. The smallest absolute Gasteiger partial charge is 0.231 e. The Balaban J connectivity index is 1.29. The fraction of sp³-hybridized carbons (Fsp3) is 0.524. The van der Waals surface area contributed by atoms with Crippen LogP contribution in [0.3, 0.4) is 0 Å². The van der Waals surface area contributed by atoms with Gasteiger partial charge in [0.05, 0.1) is 0 Å². The molecule has 0 saturated carbocycles. The van der Waals surface area contributed by atoms with E-state index < -0.39 is 0 Å². The van der Waals surface area contributed by atoms with Crippen LogP contribution in [0.5, 0.6) is 11.5 Å². The topological polar surface area (TPSA) is 56.6 Å². The number of aryl methyl sites for hydroxylation is 1. The molecule has 0 aliphatic carbocycles. The number of imidazole rings is 1. The third-order valence-electron chi connectivity index (χ3n) is 5.53. The van der Waals surface area contributed by atoms with E-state index in [4.69, 9.17) is 9.47 Å². The Kier molecular flexibility index (Phi) is 5.05. The van der Waals surface area contributed by atoms with Crippen molar-refractivity contribution in [2.45, 2.75) is 51.5 Å². The number of rotatable bonds is 5. The van der Waals surface area contributed by atoms with Crippen LogP contribution in [0.4, 0.5) is 0 Å². The molecule has 2 aliphatic heterocycles. The van der Waals surface area contributed by atoms with Crippen LogP contribution >= 0.6 is 0 Å². The monoisotopic (exact) mass is 369 g/mol. The summed E-state index contributed by atoms with van der Waals surface area (Å²) in [4.78, 5) is 19.2. The van der Waals surface area contributed by atoms with Crippen molar-refractivity contribution in [1.29, 1.82) is 0 Å². The number of likely N-dealkylation sites (tertiary alicyclic amines) is 1. The van der Waals surface area contributed by atoms with E-state index in [1.54, 1.807) is 0 Å². The van der Waals surface area contributed by atoms with Gasteiger partial charge in [0.2, 0.25) is 12.7 Å². The number of amides is 1. The fourth-order valence-corrected chi connectivity index (χ4v) is 3.97. The quantitative estimate of drug-likeness (QED) is 0.809. The minimum atomic E-state index is 0.235. The minimum absolute atomic E-state index is 0.235. The molecular formula is C21H27N3O3. The second-order valence-corrected chi connectivity index (χ2v) is 7.63. The first-order valence-corrected chi connectivity index (χ1v) is 9.81. The summed E-state index contributed by atoms with van der Waals surface area (Å²) in [5.41, 5.74) is 1.11. The van der Waals surface area contributed by atoms with Crippen molar-refractivity contribution < 1.29 is 14.3 Å². The summed E-state index contributed by atoms with van der Waals surface area (Å²) in [6, 6.07) is 6.33. The first-order chi connectivity index (χ1) is 13.1. The van der Waals surface area contributed by atoms with Crippen molar-refractivity contribution >= 4 is 5.91 Å². The molecule has 144 valence electrons. The molecule has 6 heteroatoms. The molecule has 1 saturated heterocycles. The molecule has 0 bridgehead atoms. The zero-order chi connectivity index (χ0) is 18.8. The van der Waals surface area contributed by atoms with Crippen molar-refractivity contribution in [3.63, 3.8) is 0 Å². The van der Waals surface area contributed by atoms with E-state index in [-0.39, 0.29) is 12.7 Å². The summed E-state index contributed by atoms with van der Waals surface area (Å²) in [5, 5.41) is 0. The third-order valence-corrected chi connectivity index (χ3v) is 5.53. The van der Waals surface area contributed by atoms with Gasteiger partial charge in [0.25, 0.3) is 0 Å². The molecule has 0 atom stereocenters. The van der Waals surface area contributed by atoms with Crippen LogP contribution in [-0.4, -0.2) is 40.2 Å². The lowest BCUT2D eigenvalue weighted by atomic mass is 9.95. The predicted molar refractivity (Wildman–Crippen MR) is 102 cm³/mol. The normalized spacial score (nSPS) is 16.9. The van der Waals surface area contributed by atoms with E-state index in [0.29, 0.717) is 18.4 Å². The SMILES string of the molecule is CC(C)n1ccnc1C1CCN(C(=O)CCc2ccc3c(c2)OCO3)CC1. The van der Waals surface area contributed by atoms with Gasteiger partial charge in [0.15, 0.2) is 11.5 Å². The molecule has 2 aliphatic rings. The van der Waals surface area contributed by atoms with Crippen LogP contribution in [-0.2, 0) is 11.2 Å². The molecule has 3 heterocycles. The number of carbonyl (C=O) groups is 1. The lowest BCUT2D eigenvalue weighted by molar-refractivity contribution is -0.132. The molecule has 1 aromatic heterocycles. The highest BCUT2D eigenvalue weighted by Crippen LogP contribution is 2.33. The first kappa shape index (κ1) is 17.9. The highest BCUT2D eigenvalue weighted by molar-refractivity contribution is 5.76. The summed E-state index contributed by atoms with van der Waals surface area (Å²) >= 11 is 0. The second-order valence-electron chi connectivity index (χ2n) is 7.63. The number of ether oxygens (including phenoxy) is 2. The van der Waals surface area contributed by atoms with Crippen molar-refractivity contribution in [1.82, 2.24) is 14.5 Å². The van der Waals surface area contributed by atoms with E-state index in [9.17, 15) is 4.79 Å². The molecule has 0 radical (unpaired) electrons. The lowest BCUT2D eigenvalue weighted by Crippen LogP contribution is -2.38. The minimum Gasteiger partial charge on any atom is -0.454 e. The average Bonchev–Trinajstić information content (AvgIpc) is 3.35. The molecule has 27 heavy (non-hydrogen) atoms. The van der Waals surface area contributed by atoms with E-state index in [1.807, 2.05) is 29.3 Å². The summed E-state index contributed by atoms with van der Waals surface area (Å²) < 4.78 is 13.0. The fourth-order valence-electron chi connectivity index (χ4n) is 3.97. The van der Waals surface area contributed by atoms with E-state index >= 15 is 0 Å². The first-order valence-electron chi connectivity index (χ1n) is 9.81. The number of fused-ring (bicyclic) bond motifs is 1. The van der Waals surface area contributed by atoms with Crippen molar-refractivity contribution in [3.05, 3.63) is 42.0 Å². The highest BCUT2D eigenvalue weighted by Gasteiger charge is 2.26. The summed E-state index contributed by atoms with van der Waals surface area (Å²) in [6.07, 6.45) is 7.18. The van der Waals surface area contributed by atoms with E-state index in [2.05, 4.69) is 29.6 Å². The third kappa shape index (κ3) is 3.80. The van der Waals surface area contributed by atoms with Crippen LogP contribution in [0, 0.1) is 0 Å². The number of piperidine rings is 1. The van der Waals surface area contributed by atoms with Gasteiger partial charge in [-0.15, -0.1) is 0 Å². The van der Waals surface area contributed by atoms with Gasteiger partial charge in [0, 0.05) is 43.9 Å². The van der Waals surface area contributed by atoms with Crippen LogP contribution < -0.4 is 9.47 Å². The maximum Gasteiger partial charge on any atom is 0.231 e. The number of aromatic nitrogens is 2. The average molecular weight is 369 g/mol. The van der Waals surface area contributed by atoms with Crippen LogP contribution in [0.1, 0.15) is 56.5 Å². The van der Waals surface area contributed by atoms with Gasteiger partial charge in [-0.25, -0.2) is 4.98 Å². The second kappa shape index (κ2) is 7.62. The maximum absolute atomic E-state index is 12.6. The number of carbonyl (C=O) groups excluding carboxylic acids is 1. The predicted octanol–water partition coefficient (Wildman–Crippen LogP) is 3.53. The largest absolute Gasteiger partial charge is 0.454 e. The zero-order valence-corrected chi connectivity index (χ0v) is 16.1. The Bertz CT molecular complexity index is 807. The number of hydrogen-bond donors (Lipinski definition) is 0. The van der Waals surface area contributed by atoms with E-state index in [1.165, 1.54) is 0 Å². The van der Waals surface area contributed by atoms with Gasteiger partial charge in [-0.3, -0.25) is 4.79 Å². The Morgan fingerprint density at radius 1 is 1.22 bits per heavy atom. The molecule has 4 rings (SSSR count). The van der Waals surface area contributed by atoms with Gasteiger partial charge < -0.3 is 18.9 Å². The van der Waals surface area contributed by atoms with Crippen molar-refractivity contribution in [3.8, 4) is 11.5 Å². The Morgan fingerprint density at radius 2 is 2.00 bits per heavy atom. The van der Waals surface area contributed by atoms with Gasteiger partial charge in [-0.05, 0) is 50.8 Å². The van der Waals surface area contributed by atoms with E-state index in [0.717, 1.165) is 55.2 Å². The van der Waals surface area contributed by atoms with Gasteiger partial charge >= 0.3 is 0 Å². The van der Waals surface area contributed by atoms with Gasteiger partial charge in [-0.2, -0.15) is 0 Å². The molecule has 0 spiro atoms. The van der Waals surface area contributed by atoms with Crippen molar-refractivity contribution in [2.75, 3.05) is 19.9 Å². The molecule has 1 amide bonds. The Labute approximate surface area is 160 Å². The standard InChI is InChI=1S/C21H27N3O3/c1-15(2)24-12-9-22-21(24)17-7-10-23(11-8-17)20(25)6-4-16-3-5-18-19(13-16)27-14-26-18/h3,5,9,12-13,15,17H,4,6-8,10-11,14H2,1-2H3. The van der Waals surface area contributed by atoms with Crippen LogP contribution in [0.15, 0.2) is 30.6 Å². The number of benzene rings is 1. The molecule has 2 aromatic rings. The summed E-state index contributed by atoms with van der Waals surface area (Å²) in [7, 11) is 0. The number of nitrogens with zero attached hydrogens (tertiary/aromatic N) is 3. The Morgan fingerprint density at radius 3 is 2.78 bits per heavy atom. The molecule has 1 aromatic carbocycles.